The highest BCUT2D eigenvalue weighted by molar-refractivity contribution is 7.98. The summed E-state index contributed by atoms with van der Waals surface area (Å²) in [5, 5.41) is 0.436. The van der Waals surface area contributed by atoms with Crippen molar-refractivity contribution in [3.05, 3.63) is 23.1 Å². The first kappa shape index (κ1) is 12.9. The molecule has 0 saturated carbocycles. The standard InChI is InChI=1S/C10H16ClNO2S/c1-2-13-9(5-12)7-15-6-8-3-4-10(11)14-8/h3-4,9H,2,5-7,12H2,1H3. The molecule has 0 aromatic carbocycles. The van der Waals surface area contributed by atoms with E-state index in [1.165, 1.54) is 0 Å². The lowest BCUT2D eigenvalue weighted by molar-refractivity contribution is 0.0858. The number of nitrogens with two attached hydrogens (primary N) is 1. The Morgan fingerprint density at radius 3 is 2.93 bits per heavy atom. The Morgan fingerprint density at radius 1 is 1.60 bits per heavy atom. The van der Waals surface area contributed by atoms with Crippen molar-refractivity contribution < 1.29 is 9.15 Å². The second-order valence-electron chi connectivity index (χ2n) is 3.03. The summed E-state index contributed by atoms with van der Waals surface area (Å²) in [7, 11) is 0. The minimum atomic E-state index is 0.130. The highest BCUT2D eigenvalue weighted by atomic mass is 35.5. The van der Waals surface area contributed by atoms with E-state index in [0.29, 0.717) is 18.4 Å². The normalized spacial score (nSPS) is 13.0. The zero-order valence-electron chi connectivity index (χ0n) is 8.74. The average Bonchev–Trinajstić information content (AvgIpc) is 2.63. The Bertz CT molecular complexity index is 280. The summed E-state index contributed by atoms with van der Waals surface area (Å²) in [6, 6.07) is 3.63. The largest absolute Gasteiger partial charge is 0.449 e. The topological polar surface area (TPSA) is 48.4 Å². The maximum absolute atomic E-state index is 5.66. The number of rotatable bonds is 7. The fourth-order valence-electron chi connectivity index (χ4n) is 1.14. The molecule has 1 heterocycles. The maximum atomic E-state index is 5.66. The lowest BCUT2D eigenvalue weighted by Crippen LogP contribution is -2.26. The molecule has 0 aliphatic carbocycles. The van der Waals surface area contributed by atoms with Crippen LogP contribution >= 0.6 is 23.4 Å². The van der Waals surface area contributed by atoms with Crippen LogP contribution in [0, 0.1) is 0 Å². The molecule has 1 unspecified atom stereocenters. The van der Waals surface area contributed by atoms with Gasteiger partial charge in [0.05, 0.1) is 11.9 Å². The van der Waals surface area contributed by atoms with E-state index in [9.17, 15) is 0 Å². The average molecular weight is 250 g/mol. The van der Waals surface area contributed by atoms with Crippen LogP contribution in [-0.4, -0.2) is 25.0 Å². The number of furan rings is 1. The predicted molar refractivity (Wildman–Crippen MR) is 64.3 cm³/mol. The Balaban J connectivity index is 2.20. The Hall–Kier alpha value is -0.160. The monoisotopic (exact) mass is 249 g/mol. The molecule has 0 aliphatic heterocycles. The Labute approximate surface area is 99.3 Å². The molecule has 15 heavy (non-hydrogen) atoms. The molecule has 0 spiro atoms. The van der Waals surface area contributed by atoms with E-state index in [2.05, 4.69) is 0 Å². The Morgan fingerprint density at radius 2 is 2.40 bits per heavy atom. The van der Waals surface area contributed by atoms with E-state index in [-0.39, 0.29) is 6.10 Å². The lowest BCUT2D eigenvalue weighted by atomic mass is 10.4. The van der Waals surface area contributed by atoms with Gasteiger partial charge in [0.25, 0.3) is 0 Å². The fraction of sp³-hybridized carbons (Fsp3) is 0.600. The summed E-state index contributed by atoms with van der Waals surface area (Å²) in [4.78, 5) is 0. The van der Waals surface area contributed by atoms with Gasteiger partial charge in [-0.3, -0.25) is 0 Å². The number of ether oxygens (including phenoxy) is 1. The van der Waals surface area contributed by atoms with Gasteiger partial charge in [0.1, 0.15) is 5.76 Å². The van der Waals surface area contributed by atoms with Crippen LogP contribution in [-0.2, 0) is 10.5 Å². The van der Waals surface area contributed by atoms with Gasteiger partial charge in [0, 0.05) is 18.9 Å². The maximum Gasteiger partial charge on any atom is 0.193 e. The fourth-order valence-corrected chi connectivity index (χ4v) is 2.27. The zero-order valence-corrected chi connectivity index (χ0v) is 10.3. The van der Waals surface area contributed by atoms with Crippen LogP contribution in [0.5, 0.6) is 0 Å². The van der Waals surface area contributed by atoms with E-state index < -0.39 is 0 Å². The van der Waals surface area contributed by atoms with Crippen molar-refractivity contribution >= 4 is 23.4 Å². The molecule has 5 heteroatoms. The second-order valence-corrected chi connectivity index (χ2v) is 4.44. The molecule has 1 aromatic rings. The molecule has 0 bridgehead atoms. The molecule has 0 saturated heterocycles. The highest BCUT2D eigenvalue weighted by Crippen LogP contribution is 2.19. The highest BCUT2D eigenvalue weighted by Gasteiger charge is 2.07. The number of halogens is 1. The van der Waals surface area contributed by atoms with Gasteiger partial charge in [-0.25, -0.2) is 0 Å². The minimum Gasteiger partial charge on any atom is -0.449 e. The van der Waals surface area contributed by atoms with E-state index in [1.807, 2.05) is 13.0 Å². The summed E-state index contributed by atoms with van der Waals surface area (Å²) in [6.07, 6.45) is 0.130. The molecule has 86 valence electrons. The van der Waals surface area contributed by atoms with Crippen molar-refractivity contribution in [2.24, 2.45) is 5.73 Å². The summed E-state index contributed by atoms with van der Waals surface area (Å²) >= 11 is 7.39. The van der Waals surface area contributed by atoms with Crippen molar-refractivity contribution in [1.82, 2.24) is 0 Å². The van der Waals surface area contributed by atoms with Gasteiger partial charge in [-0.15, -0.1) is 0 Å². The zero-order chi connectivity index (χ0) is 11.1. The SMILES string of the molecule is CCOC(CN)CSCc1ccc(Cl)o1. The minimum absolute atomic E-state index is 0.130. The molecule has 2 N–H and O–H groups in total. The molecular formula is C10H16ClNO2S. The van der Waals surface area contributed by atoms with Crippen LogP contribution in [0.3, 0.4) is 0 Å². The number of hydrogen-bond acceptors (Lipinski definition) is 4. The predicted octanol–water partition coefficient (Wildman–Crippen LogP) is 2.53. The molecule has 1 rings (SSSR count). The third-order valence-corrected chi connectivity index (χ3v) is 3.14. The van der Waals surface area contributed by atoms with Crippen LogP contribution in [0.4, 0.5) is 0 Å². The summed E-state index contributed by atoms with van der Waals surface area (Å²) < 4.78 is 10.7. The van der Waals surface area contributed by atoms with Gasteiger partial charge in [0.15, 0.2) is 5.22 Å². The van der Waals surface area contributed by atoms with Crippen molar-refractivity contribution in [2.45, 2.75) is 18.8 Å². The number of hydrogen-bond donors (Lipinski definition) is 1. The van der Waals surface area contributed by atoms with Crippen LogP contribution in [0.25, 0.3) is 0 Å². The summed E-state index contributed by atoms with van der Waals surface area (Å²) in [6.45, 7) is 3.23. The third kappa shape index (κ3) is 4.93. The molecule has 1 atom stereocenters. The lowest BCUT2D eigenvalue weighted by Gasteiger charge is -2.13. The van der Waals surface area contributed by atoms with E-state index in [0.717, 1.165) is 17.3 Å². The van der Waals surface area contributed by atoms with Crippen LogP contribution in [0.15, 0.2) is 16.5 Å². The Kier molecular flexibility index (Phi) is 6.17. The van der Waals surface area contributed by atoms with Crippen molar-refractivity contribution in [3.63, 3.8) is 0 Å². The van der Waals surface area contributed by atoms with Gasteiger partial charge >= 0.3 is 0 Å². The summed E-state index contributed by atoms with van der Waals surface area (Å²) in [5.41, 5.74) is 5.56. The molecular weight excluding hydrogens is 234 g/mol. The van der Waals surface area contributed by atoms with E-state index >= 15 is 0 Å². The summed E-state index contributed by atoms with van der Waals surface area (Å²) in [5.74, 6) is 2.57. The molecule has 0 fully saturated rings. The van der Waals surface area contributed by atoms with E-state index in [4.69, 9.17) is 26.5 Å². The quantitative estimate of drug-likeness (QED) is 0.807. The smallest absolute Gasteiger partial charge is 0.193 e. The number of thioether (sulfide) groups is 1. The first-order valence-corrected chi connectivity index (χ1v) is 6.43. The van der Waals surface area contributed by atoms with Crippen LogP contribution < -0.4 is 5.73 Å². The molecule has 0 amide bonds. The first-order chi connectivity index (χ1) is 7.26. The van der Waals surface area contributed by atoms with Gasteiger partial charge < -0.3 is 14.9 Å². The van der Waals surface area contributed by atoms with Gasteiger partial charge in [0.2, 0.25) is 0 Å². The van der Waals surface area contributed by atoms with Crippen LogP contribution in [0.1, 0.15) is 12.7 Å². The molecule has 1 aromatic heterocycles. The van der Waals surface area contributed by atoms with Crippen molar-refractivity contribution in [1.29, 1.82) is 0 Å². The second kappa shape index (κ2) is 7.17. The van der Waals surface area contributed by atoms with Gasteiger partial charge in [-0.1, -0.05) is 0 Å². The third-order valence-electron chi connectivity index (χ3n) is 1.84. The van der Waals surface area contributed by atoms with E-state index in [1.54, 1.807) is 17.8 Å². The first-order valence-electron chi connectivity index (χ1n) is 4.90. The van der Waals surface area contributed by atoms with Gasteiger partial charge in [-0.05, 0) is 30.7 Å². The molecule has 3 nitrogen and oxygen atoms in total. The van der Waals surface area contributed by atoms with Crippen LogP contribution in [0.2, 0.25) is 5.22 Å². The van der Waals surface area contributed by atoms with Crippen molar-refractivity contribution in [3.8, 4) is 0 Å². The molecule has 0 radical (unpaired) electrons. The van der Waals surface area contributed by atoms with Gasteiger partial charge in [-0.2, -0.15) is 11.8 Å². The molecule has 0 aliphatic rings. The van der Waals surface area contributed by atoms with Crippen molar-refractivity contribution in [2.75, 3.05) is 18.9 Å².